The van der Waals surface area contributed by atoms with Crippen molar-refractivity contribution in [3.63, 3.8) is 0 Å². The maximum absolute atomic E-state index is 13.5. The van der Waals surface area contributed by atoms with Gasteiger partial charge in [0.25, 0.3) is 0 Å². The normalized spacial score (nSPS) is 12.9. The van der Waals surface area contributed by atoms with E-state index in [0.717, 1.165) is 24.6 Å². The van der Waals surface area contributed by atoms with Crippen LogP contribution >= 0.6 is 11.8 Å². The van der Waals surface area contributed by atoms with E-state index in [1.165, 1.54) is 6.92 Å². The van der Waals surface area contributed by atoms with Crippen LogP contribution in [0.1, 0.15) is 139 Å². The highest BCUT2D eigenvalue weighted by atomic mass is 32.2. The molecule has 0 radical (unpaired) electrons. The summed E-state index contributed by atoms with van der Waals surface area (Å²) < 4.78 is 12.3. The first-order valence-corrected chi connectivity index (χ1v) is 26.6. The van der Waals surface area contributed by atoms with Gasteiger partial charge in [-0.2, -0.15) is 0 Å². The number of guanidine groups is 2. The number of aromatic nitrogens is 6. The number of amides is 2. The van der Waals surface area contributed by atoms with Crippen LogP contribution in [0.15, 0.2) is 54.9 Å². The summed E-state index contributed by atoms with van der Waals surface area (Å²) in [6.07, 6.45) is 8.76. The first-order chi connectivity index (χ1) is 37.8. The van der Waals surface area contributed by atoms with Crippen LogP contribution in [0, 0.1) is 6.57 Å². The van der Waals surface area contributed by atoms with Crippen molar-refractivity contribution in [2.24, 2.45) is 22.9 Å². The number of rotatable bonds is 37. The maximum atomic E-state index is 13.5. The van der Waals surface area contributed by atoms with Crippen molar-refractivity contribution < 1.29 is 73.1 Å². The number of hydrogen-bond donors (Lipinski definition) is 11. The second-order valence-corrected chi connectivity index (χ2v) is 20.6. The topological polar surface area (TPSA) is 438 Å². The van der Waals surface area contributed by atoms with Crippen molar-refractivity contribution >= 4 is 70.5 Å². The number of carboxylic acid groups (broad SMARTS) is 3. The summed E-state index contributed by atoms with van der Waals surface area (Å²) in [6.45, 7) is 17.6. The predicted molar refractivity (Wildman–Crippen MR) is 291 cm³/mol. The molecule has 80 heavy (non-hydrogen) atoms. The molecule has 0 saturated heterocycles. The van der Waals surface area contributed by atoms with E-state index in [-0.39, 0.29) is 81.9 Å². The molecule has 4 atom stereocenters. The number of carboxylic acids is 3. The summed E-state index contributed by atoms with van der Waals surface area (Å²) in [6, 6.07) is 6.42. The van der Waals surface area contributed by atoms with E-state index in [1.54, 1.807) is 65.9 Å². The Morgan fingerprint density at radius 2 is 1.20 bits per heavy atom. The molecule has 0 saturated carbocycles. The molecule has 3 aromatic rings. The van der Waals surface area contributed by atoms with Gasteiger partial charge in [0.1, 0.15) is 41.4 Å². The van der Waals surface area contributed by atoms with Gasteiger partial charge >= 0.3 is 41.8 Å². The van der Waals surface area contributed by atoms with Crippen LogP contribution in [0.5, 0.6) is 0 Å². The zero-order chi connectivity index (χ0) is 59.7. The number of aliphatic carboxylic acids is 3. The van der Waals surface area contributed by atoms with E-state index in [2.05, 4.69) is 52.7 Å². The van der Waals surface area contributed by atoms with Crippen LogP contribution < -0.4 is 43.6 Å². The quantitative estimate of drug-likeness (QED) is 0.00825. The highest BCUT2D eigenvalue weighted by Crippen LogP contribution is 2.40. The second kappa shape index (κ2) is 35.9. The van der Waals surface area contributed by atoms with Crippen LogP contribution in [0.3, 0.4) is 0 Å². The number of benzene rings is 1. The van der Waals surface area contributed by atoms with Crippen LogP contribution in [0.25, 0.3) is 4.85 Å². The molecule has 438 valence electrons. The third-order valence-corrected chi connectivity index (χ3v) is 12.9. The Balaban J connectivity index is 0.000000606. The predicted octanol–water partition coefficient (Wildman–Crippen LogP) is -0.988. The van der Waals surface area contributed by atoms with Gasteiger partial charge in [-0.25, -0.2) is 21.0 Å². The van der Waals surface area contributed by atoms with Crippen LogP contribution in [0.4, 0.5) is 0 Å². The van der Waals surface area contributed by atoms with Crippen molar-refractivity contribution in [1.82, 2.24) is 40.6 Å². The molecule has 15 N–H and O–H groups in total. The van der Waals surface area contributed by atoms with Gasteiger partial charge in [-0.1, -0.05) is 71.9 Å². The minimum Gasteiger partial charge on any atom is -0.481 e. The summed E-state index contributed by atoms with van der Waals surface area (Å²) in [4.78, 5) is 105. The number of nitrogens with zero attached hydrogens (tertiary/aromatic N) is 7. The lowest BCUT2D eigenvalue weighted by Gasteiger charge is -2.30. The number of aryl methyl sites for hydroxylation is 2. The molecule has 0 aliphatic carbocycles. The van der Waals surface area contributed by atoms with E-state index < -0.39 is 57.3 Å². The molecule has 4 unspecified atom stereocenters. The monoisotopic (exact) mass is 1140 g/mol. The lowest BCUT2D eigenvalue weighted by molar-refractivity contribution is -0.460. The fraction of sp³-hybridized carbons (Fsp3) is 0.549. The Hall–Kier alpha value is -8.42. The largest absolute Gasteiger partial charge is 0.481 e. The molecule has 2 heterocycles. The first-order valence-electron chi connectivity index (χ1n) is 25.8. The molecule has 0 aliphatic rings. The summed E-state index contributed by atoms with van der Waals surface area (Å²) >= 11 is 0.738. The summed E-state index contributed by atoms with van der Waals surface area (Å²) in [5.74, 6) is -5.03. The van der Waals surface area contributed by atoms with E-state index in [9.17, 15) is 48.6 Å². The molecule has 0 spiro atoms. The SMILES string of the molecule is C=C(C)C(=O)OCc1cn(CCCCCC(=O)NC(CCC[NH+]=C(N)N)C(=O)O)nn1.[C-]#[N+]C(C)(CCC(=O)O)CC(C)(SC(=O)c1ccccc1)C(=O)OCc1cn(CCCCCC(=O)NC(CCC[NH+]=C(N)N)C(=O)O)nn1. The molecule has 29 heteroatoms. The number of thioether (sulfide) groups is 1. The highest BCUT2D eigenvalue weighted by Gasteiger charge is 2.48. The molecule has 0 aliphatic heterocycles. The minimum atomic E-state index is -1.51. The Morgan fingerprint density at radius 3 is 1.62 bits per heavy atom. The van der Waals surface area contributed by atoms with Crippen molar-refractivity contribution in [3.05, 3.63) is 83.2 Å². The van der Waals surface area contributed by atoms with Crippen molar-refractivity contribution in [3.8, 4) is 0 Å². The number of ether oxygens (including phenoxy) is 2. The molecule has 1 aromatic carbocycles. The van der Waals surface area contributed by atoms with Gasteiger partial charge in [-0.15, -0.1) is 10.2 Å². The van der Waals surface area contributed by atoms with Crippen LogP contribution in [0.2, 0.25) is 0 Å². The average molecular weight is 1140 g/mol. The first kappa shape index (κ1) is 67.7. The van der Waals surface area contributed by atoms with Gasteiger partial charge in [0.15, 0.2) is 0 Å². The zero-order valence-electron chi connectivity index (χ0n) is 45.5. The minimum absolute atomic E-state index is 0.0144. The van der Waals surface area contributed by atoms with Gasteiger partial charge in [0.05, 0.1) is 38.3 Å². The van der Waals surface area contributed by atoms with Gasteiger partial charge in [0, 0.05) is 50.4 Å². The molecular formula is C51H77N15O13S+2. The molecule has 28 nitrogen and oxygen atoms in total. The zero-order valence-corrected chi connectivity index (χ0v) is 46.3. The van der Waals surface area contributed by atoms with Gasteiger partial charge < -0.3 is 40.3 Å². The van der Waals surface area contributed by atoms with Gasteiger partial charge in [-0.3, -0.25) is 66.3 Å². The summed E-state index contributed by atoms with van der Waals surface area (Å²) in [5, 5.41) is 48.4. The van der Waals surface area contributed by atoms with E-state index >= 15 is 0 Å². The van der Waals surface area contributed by atoms with Crippen molar-refractivity contribution in [2.75, 3.05) is 13.1 Å². The van der Waals surface area contributed by atoms with Gasteiger partial charge in [0.2, 0.25) is 22.5 Å². The number of nitrogens with one attached hydrogen (secondary N) is 4. The number of esters is 2. The van der Waals surface area contributed by atoms with E-state index in [1.807, 2.05) is 0 Å². The lowest BCUT2D eigenvalue weighted by atomic mass is 9.86. The molecular weight excluding hydrogens is 1060 g/mol. The Morgan fingerprint density at radius 1 is 0.725 bits per heavy atom. The Labute approximate surface area is 467 Å². The summed E-state index contributed by atoms with van der Waals surface area (Å²) in [5.41, 5.74) is 21.5. The maximum Gasteiger partial charge on any atom is 0.338 e. The van der Waals surface area contributed by atoms with Crippen molar-refractivity contribution in [2.45, 2.75) is 166 Å². The van der Waals surface area contributed by atoms with Gasteiger partial charge in [-0.05, 0) is 65.2 Å². The molecule has 2 aromatic heterocycles. The lowest BCUT2D eigenvalue weighted by Crippen LogP contribution is -2.78. The number of nitrogens with two attached hydrogens (primary N) is 4. The highest BCUT2D eigenvalue weighted by molar-refractivity contribution is 8.15. The van der Waals surface area contributed by atoms with E-state index in [0.29, 0.717) is 87.2 Å². The number of unbranched alkanes of at least 4 members (excludes halogenated alkanes) is 4. The fourth-order valence-corrected chi connectivity index (χ4v) is 8.64. The third kappa shape index (κ3) is 28.3. The fourth-order valence-electron chi connectivity index (χ4n) is 7.46. The average Bonchev–Trinajstić information content (AvgIpc) is 4.08. The number of hydrogen-bond acceptors (Lipinski definition) is 15. The second-order valence-electron chi connectivity index (χ2n) is 19.1. The molecule has 3 rings (SSSR count). The molecule has 0 fully saturated rings. The Kier molecular flexibility index (Phi) is 30.4. The third-order valence-electron chi connectivity index (χ3n) is 11.7. The van der Waals surface area contributed by atoms with E-state index in [4.69, 9.17) is 44.1 Å². The van der Waals surface area contributed by atoms with Crippen LogP contribution in [-0.4, -0.2) is 139 Å². The summed E-state index contributed by atoms with van der Waals surface area (Å²) in [7, 11) is 0. The standard InChI is InChI=1S/C32H44N8O8S.C19H31N7O5/c1-31(35-3,16-15-26(42)43)21-32(2,49-28(46)22-11-6-4-7-12-22)29(47)48-20-23-19-40(39-38-23)18-9-5-8-14-25(41)37-24(27(44)45)13-10-17-36-30(33)34;1-13(2)18(30)31-12-14-11-26(25-24-14)10-5-3-4-8-16(27)23-15(17(28)29)7-6-9-22-19(20)21/h4,6-7,11-12,19,24H,5,8-10,13-18,20-21H2,1-2H3,(H,37,41)(H,42,43)(H,44,45)(H4,33,34,36);11,15H,1,3-10,12H2,2H3,(H,23,27)(H,28,29)(H4,20,21,22)/p+2. The molecule has 2 amide bonds. The van der Waals surface area contributed by atoms with Crippen LogP contribution in [-0.2, 0) is 69.3 Å². The number of carbonyl (C=O) groups is 8. The molecule has 0 bridgehead atoms. The van der Waals surface area contributed by atoms with Crippen molar-refractivity contribution in [1.29, 1.82) is 0 Å². The smallest absolute Gasteiger partial charge is 0.338 e. The number of carbonyl (C=O) groups excluding carboxylic acids is 5. The Bertz CT molecular complexity index is 2630.